The average molecular weight is 287 g/mol. The van der Waals surface area contributed by atoms with E-state index < -0.39 is 0 Å². The predicted octanol–water partition coefficient (Wildman–Crippen LogP) is 3.18. The minimum absolute atomic E-state index is 0.628. The van der Waals surface area contributed by atoms with Gasteiger partial charge in [0.1, 0.15) is 0 Å². The molecular formula is C18H29N3. The summed E-state index contributed by atoms with van der Waals surface area (Å²) in [7, 11) is 0. The van der Waals surface area contributed by atoms with E-state index in [0.29, 0.717) is 6.04 Å². The third kappa shape index (κ3) is 3.78. The van der Waals surface area contributed by atoms with Crippen molar-refractivity contribution < 1.29 is 0 Å². The Morgan fingerprint density at radius 2 is 1.90 bits per heavy atom. The largest absolute Gasteiger partial charge is 0.381 e. The third-order valence-corrected chi connectivity index (χ3v) is 4.95. The molecule has 2 fully saturated rings. The summed E-state index contributed by atoms with van der Waals surface area (Å²) in [6, 6.07) is 10.4. The van der Waals surface area contributed by atoms with E-state index in [1.165, 1.54) is 43.6 Å². The minimum atomic E-state index is 0.628. The molecule has 0 amide bonds. The molecule has 1 aliphatic carbocycles. The van der Waals surface area contributed by atoms with Crippen LogP contribution in [-0.4, -0.2) is 48.1 Å². The lowest BCUT2D eigenvalue weighted by atomic mass is 10.1. The Kier molecular flexibility index (Phi) is 4.81. The zero-order valence-corrected chi connectivity index (χ0v) is 13.5. The van der Waals surface area contributed by atoms with Crippen LogP contribution in [0, 0.1) is 0 Å². The summed E-state index contributed by atoms with van der Waals surface area (Å²) in [5.74, 6) is 0. The first-order chi connectivity index (χ1) is 10.3. The molecule has 1 heterocycles. The molecule has 0 aromatic heterocycles. The molecule has 1 saturated heterocycles. The fourth-order valence-corrected chi connectivity index (χ4v) is 3.38. The number of hydrogen-bond donors (Lipinski definition) is 1. The first-order valence-electron chi connectivity index (χ1n) is 8.61. The van der Waals surface area contributed by atoms with Crippen LogP contribution in [-0.2, 0) is 6.54 Å². The predicted molar refractivity (Wildman–Crippen MR) is 89.7 cm³/mol. The molecule has 21 heavy (non-hydrogen) atoms. The fraction of sp³-hybridized carbons (Fsp3) is 0.667. The maximum Gasteiger partial charge on any atom is 0.0400 e. The van der Waals surface area contributed by atoms with Crippen LogP contribution >= 0.6 is 0 Å². The van der Waals surface area contributed by atoms with Crippen molar-refractivity contribution in [2.75, 3.05) is 31.5 Å². The van der Waals surface area contributed by atoms with Gasteiger partial charge in [0.15, 0.2) is 0 Å². The summed E-state index contributed by atoms with van der Waals surface area (Å²) in [4.78, 5) is 5.15. The molecule has 3 heteroatoms. The van der Waals surface area contributed by atoms with Crippen molar-refractivity contribution >= 4 is 5.69 Å². The zero-order chi connectivity index (χ0) is 14.7. The van der Waals surface area contributed by atoms with Crippen LogP contribution in [0.2, 0.25) is 0 Å². The van der Waals surface area contributed by atoms with Crippen LogP contribution < -0.4 is 5.32 Å². The molecule has 3 nitrogen and oxygen atoms in total. The molecule has 2 aliphatic rings. The van der Waals surface area contributed by atoms with Crippen molar-refractivity contribution in [3.05, 3.63) is 29.8 Å². The number of anilines is 1. The highest BCUT2D eigenvalue weighted by molar-refractivity contribution is 5.52. The van der Waals surface area contributed by atoms with E-state index in [0.717, 1.165) is 25.7 Å². The molecule has 1 aromatic rings. The highest BCUT2D eigenvalue weighted by atomic mass is 15.2. The summed E-state index contributed by atoms with van der Waals surface area (Å²) in [5.41, 5.74) is 2.78. The van der Waals surface area contributed by atoms with E-state index >= 15 is 0 Å². The molecule has 0 bridgehead atoms. The summed E-state index contributed by atoms with van der Waals surface area (Å²) in [6.07, 6.45) is 4.13. The van der Waals surface area contributed by atoms with Gasteiger partial charge in [-0.15, -0.1) is 0 Å². The van der Waals surface area contributed by atoms with E-state index in [1.807, 2.05) is 0 Å². The van der Waals surface area contributed by atoms with Crippen LogP contribution in [0.4, 0.5) is 5.69 Å². The first-order valence-corrected chi connectivity index (χ1v) is 8.61. The van der Waals surface area contributed by atoms with E-state index in [2.05, 4.69) is 53.2 Å². The molecule has 116 valence electrons. The highest BCUT2D eigenvalue weighted by Gasteiger charge is 2.34. The molecule has 1 saturated carbocycles. The Labute approximate surface area is 129 Å². The van der Waals surface area contributed by atoms with Gasteiger partial charge in [-0.05, 0) is 44.0 Å². The Morgan fingerprint density at radius 3 is 2.62 bits per heavy atom. The van der Waals surface area contributed by atoms with Crippen molar-refractivity contribution in [2.45, 2.75) is 51.7 Å². The van der Waals surface area contributed by atoms with E-state index in [-0.39, 0.29) is 0 Å². The van der Waals surface area contributed by atoms with Crippen LogP contribution in [0.15, 0.2) is 24.3 Å². The van der Waals surface area contributed by atoms with E-state index in [1.54, 1.807) is 0 Å². The number of rotatable bonds is 7. The monoisotopic (exact) mass is 287 g/mol. The van der Waals surface area contributed by atoms with Crippen molar-refractivity contribution in [3.63, 3.8) is 0 Å². The number of benzene rings is 1. The number of para-hydroxylation sites is 1. The van der Waals surface area contributed by atoms with Gasteiger partial charge in [-0.25, -0.2) is 0 Å². The Bertz CT molecular complexity index is 452. The molecule has 0 spiro atoms. The van der Waals surface area contributed by atoms with Gasteiger partial charge in [-0.1, -0.05) is 32.0 Å². The van der Waals surface area contributed by atoms with Gasteiger partial charge >= 0.3 is 0 Å². The normalized spacial score (nSPS) is 22.9. The number of nitrogens with zero attached hydrogens (tertiary/aromatic N) is 2. The second-order valence-corrected chi connectivity index (χ2v) is 6.47. The fourth-order valence-electron chi connectivity index (χ4n) is 3.38. The molecule has 1 unspecified atom stereocenters. The van der Waals surface area contributed by atoms with Crippen molar-refractivity contribution in [1.29, 1.82) is 0 Å². The van der Waals surface area contributed by atoms with Gasteiger partial charge in [0.2, 0.25) is 0 Å². The molecule has 3 rings (SSSR count). The summed E-state index contributed by atoms with van der Waals surface area (Å²) >= 11 is 0. The second-order valence-electron chi connectivity index (χ2n) is 6.47. The minimum Gasteiger partial charge on any atom is -0.381 e. The quantitative estimate of drug-likeness (QED) is 0.831. The summed E-state index contributed by atoms with van der Waals surface area (Å²) in [6.45, 7) is 10.3. The van der Waals surface area contributed by atoms with Gasteiger partial charge < -0.3 is 5.32 Å². The molecule has 1 atom stereocenters. The maximum absolute atomic E-state index is 3.81. The number of nitrogens with one attached hydrogen (secondary N) is 1. The summed E-state index contributed by atoms with van der Waals surface area (Å²) in [5, 5.41) is 3.81. The zero-order valence-electron chi connectivity index (χ0n) is 13.5. The first kappa shape index (κ1) is 14.9. The van der Waals surface area contributed by atoms with Crippen LogP contribution in [0.5, 0.6) is 0 Å². The third-order valence-electron chi connectivity index (χ3n) is 4.95. The van der Waals surface area contributed by atoms with Crippen LogP contribution in [0.1, 0.15) is 38.7 Å². The topological polar surface area (TPSA) is 18.5 Å². The SMILES string of the molecule is CCN(CC)Cc1ccccc1NC1CCN(C2CC2)C1. The lowest BCUT2D eigenvalue weighted by molar-refractivity contribution is 0.296. The van der Waals surface area contributed by atoms with Gasteiger partial charge in [0, 0.05) is 37.4 Å². The van der Waals surface area contributed by atoms with Crippen molar-refractivity contribution in [2.24, 2.45) is 0 Å². The highest BCUT2D eigenvalue weighted by Crippen LogP contribution is 2.31. The lowest BCUT2D eigenvalue weighted by Gasteiger charge is -2.22. The standard InChI is InChI=1S/C18H29N3/c1-3-20(4-2)13-15-7-5-6-8-18(15)19-16-11-12-21(14-16)17-9-10-17/h5-8,16-17,19H,3-4,9-14H2,1-2H3. The molecule has 0 radical (unpaired) electrons. The van der Waals surface area contributed by atoms with Crippen LogP contribution in [0.3, 0.4) is 0 Å². The van der Waals surface area contributed by atoms with Crippen molar-refractivity contribution in [3.8, 4) is 0 Å². The van der Waals surface area contributed by atoms with Crippen molar-refractivity contribution in [1.82, 2.24) is 9.80 Å². The smallest absolute Gasteiger partial charge is 0.0400 e. The second kappa shape index (κ2) is 6.80. The maximum atomic E-state index is 3.81. The van der Waals surface area contributed by atoms with Gasteiger partial charge in [-0.3, -0.25) is 9.80 Å². The Hall–Kier alpha value is -1.06. The molecular weight excluding hydrogens is 258 g/mol. The van der Waals surface area contributed by atoms with Gasteiger partial charge in [-0.2, -0.15) is 0 Å². The number of likely N-dealkylation sites (tertiary alicyclic amines) is 1. The van der Waals surface area contributed by atoms with Gasteiger partial charge in [0.25, 0.3) is 0 Å². The molecule has 1 aromatic carbocycles. The summed E-state index contributed by atoms with van der Waals surface area (Å²) < 4.78 is 0. The lowest BCUT2D eigenvalue weighted by Crippen LogP contribution is -2.28. The molecule has 1 N–H and O–H groups in total. The van der Waals surface area contributed by atoms with Crippen LogP contribution in [0.25, 0.3) is 0 Å². The molecule has 1 aliphatic heterocycles. The van der Waals surface area contributed by atoms with E-state index in [9.17, 15) is 0 Å². The van der Waals surface area contributed by atoms with Gasteiger partial charge in [0.05, 0.1) is 0 Å². The number of hydrogen-bond acceptors (Lipinski definition) is 3. The average Bonchev–Trinajstić information content (AvgIpc) is 3.26. The Balaban J connectivity index is 1.62. The van der Waals surface area contributed by atoms with E-state index in [4.69, 9.17) is 0 Å². The Morgan fingerprint density at radius 1 is 1.14 bits per heavy atom.